The topological polar surface area (TPSA) is 85.2 Å². The molecule has 18 heavy (non-hydrogen) atoms. The lowest BCUT2D eigenvalue weighted by molar-refractivity contribution is 0.0697. The van der Waals surface area contributed by atoms with Gasteiger partial charge in [-0.15, -0.1) is 5.10 Å². The lowest BCUT2D eigenvalue weighted by Gasteiger charge is -2.04. The van der Waals surface area contributed by atoms with Gasteiger partial charge >= 0.3 is 12.0 Å². The summed E-state index contributed by atoms with van der Waals surface area (Å²) in [6, 6.07) is 6.13. The molecule has 0 saturated carbocycles. The van der Waals surface area contributed by atoms with Crippen molar-refractivity contribution >= 4 is 5.97 Å². The van der Waals surface area contributed by atoms with Gasteiger partial charge in [0.2, 0.25) is 0 Å². The number of aromatic nitrogens is 3. The highest BCUT2D eigenvalue weighted by molar-refractivity contribution is 5.87. The van der Waals surface area contributed by atoms with Crippen molar-refractivity contribution in [3.8, 4) is 11.8 Å². The number of rotatable bonds is 3. The predicted molar refractivity (Wildman–Crippen MR) is 62.8 cm³/mol. The van der Waals surface area contributed by atoms with Gasteiger partial charge in [0.1, 0.15) is 5.75 Å². The molecule has 1 heterocycles. The van der Waals surface area contributed by atoms with Gasteiger partial charge in [-0.1, -0.05) is 5.10 Å². The summed E-state index contributed by atoms with van der Waals surface area (Å²) in [4.78, 5) is 14.8. The van der Waals surface area contributed by atoms with Crippen LogP contribution in [0.15, 0.2) is 24.3 Å². The van der Waals surface area contributed by atoms with Crippen molar-refractivity contribution in [2.75, 3.05) is 0 Å². The number of hydrogen-bond donors (Lipinski definition) is 1. The van der Waals surface area contributed by atoms with E-state index in [4.69, 9.17) is 9.84 Å². The minimum Gasteiger partial charge on any atom is -0.478 e. The second-order valence-corrected chi connectivity index (χ2v) is 3.70. The molecular weight excluding hydrogens is 234 g/mol. The van der Waals surface area contributed by atoms with E-state index in [2.05, 4.69) is 15.2 Å². The summed E-state index contributed by atoms with van der Waals surface area (Å²) in [5.74, 6) is -0.518. The first kappa shape index (κ1) is 12.0. The number of ether oxygens (including phenoxy) is 1. The molecule has 0 spiro atoms. The molecule has 6 nitrogen and oxygen atoms in total. The Labute approximate surface area is 103 Å². The molecule has 2 aromatic rings. The van der Waals surface area contributed by atoms with Gasteiger partial charge < -0.3 is 9.84 Å². The zero-order valence-electron chi connectivity index (χ0n) is 9.91. The third-order valence-electron chi connectivity index (χ3n) is 2.38. The minimum absolute atomic E-state index is 0.140. The Morgan fingerprint density at radius 1 is 1.11 bits per heavy atom. The quantitative estimate of drug-likeness (QED) is 0.889. The molecule has 0 unspecified atom stereocenters. The SMILES string of the molecule is Cc1nnc(Oc2ccc(C(=O)O)cc2)nc1C. The summed E-state index contributed by atoms with van der Waals surface area (Å²) in [7, 11) is 0. The minimum atomic E-state index is -0.981. The van der Waals surface area contributed by atoms with E-state index < -0.39 is 5.97 Å². The maximum absolute atomic E-state index is 10.7. The second-order valence-electron chi connectivity index (χ2n) is 3.70. The van der Waals surface area contributed by atoms with Crippen molar-refractivity contribution < 1.29 is 14.6 Å². The monoisotopic (exact) mass is 245 g/mol. The molecule has 2 rings (SSSR count). The third kappa shape index (κ3) is 2.60. The predicted octanol–water partition coefficient (Wildman–Crippen LogP) is 1.98. The van der Waals surface area contributed by atoms with Crippen molar-refractivity contribution in [1.82, 2.24) is 15.2 Å². The number of benzene rings is 1. The van der Waals surface area contributed by atoms with Crippen LogP contribution in [-0.2, 0) is 0 Å². The van der Waals surface area contributed by atoms with Crippen molar-refractivity contribution in [2.45, 2.75) is 13.8 Å². The average molecular weight is 245 g/mol. The molecule has 0 fully saturated rings. The normalized spacial score (nSPS) is 10.1. The highest BCUT2D eigenvalue weighted by Gasteiger charge is 2.06. The van der Waals surface area contributed by atoms with E-state index in [-0.39, 0.29) is 11.6 Å². The molecule has 6 heteroatoms. The van der Waals surface area contributed by atoms with Crippen LogP contribution >= 0.6 is 0 Å². The van der Waals surface area contributed by atoms with Crippen LogP contribution in [0, 0.1) is 13.8 Å². The Morgan fingerprint density at radius 3 is 2.33 bits per heavy atom. The van der Waals surface area contributed by atoms with Gasteiger partial charge in [-0.3, -0.25) is 0 Å². The smallest absolute Gasteiger partial charge is 0.341 e. The molecule has 1 N–H and O–H groups in total. The summed E-state index contributed by atoms with van der Waals surface area (Å²) in [5, 5.41) is 16.4. The second kappa shape index (κ2) is 4.79. The molecular formula is C12H11N3O3. The maximum atomic E-state index is 10.7. The van der Waals surface area contributed by atoms with Crippen molar-refractivity contribution in [1.29, 1.82) is 0 Å². The standard InChI is InChI=1S/C12H11N3O3/c1-7-8(2)14-15-12(13-7)18-10-5-3-9(4-6-10)11(16)17/h3-6H,1-2H3,(H,16,17). The summed E-state index contributed by atoms with van der Waals surface area (Å²) < 4.78 is 5.37. The molecule has 1 aromatic carbocycles. The van der Waals surface area contributed by atoms with Crippen molar-refractivity contribution in [3.63, 3.8) is 0 Å². The van der Waals surface area contributed by atoms with Gasteiger partial charge in [0.05, 0.1) is 17.0 Å². The van der Waals surface area contributed by atoms with Gasteiger partial charge in [-0.25, -0.2) is 4.79 Å². The molecule has 0 amide bonds. The number of carboxylic acids is 1. The summed E-state index contributed by atoms with van der Waals surface area (Å²) in [5.41, 5.74) is 1.67. The molecule has 0 aliphatic rings. The third-order valence-corrected chi connectivity index (χ3v) is 2.38. The first-order valence-electron chi connectivity index (χ1n) is 5.25. The first-order valence-corrected chi connectivity index (χ1v) is 5.25. The van der Waals surface area contributed by atoms with E-state index in [1.54, 1.807) is 19.1 Å². The van der Waals surface area contributed by atoms with E-state index >= 15 is 0 Å². The van der Waals surface area contributed by atoms with E-state index in [0.717, 1.165) is 11.4 Å². The number of nitrogens with zero attached hydrogens (tertiary/aromatic N) is 3. The Balaban J connectivity index is 2.18. The molecule has 92 valence electrons. The highest BCUT2D eigenvalue weighted by atomic mass is 16.5. The molecule has 0 saturated heterocycles. The van der Waals surface area contributed by atoms with E-state index in [9.17, 15) is 4.79 Å². The van der Waals surface area contributed by atoms with E-state index in [1.165, 1.54) is 12.1 Å². The fourth-order valence-corrected chi connectivity index (χ4v) is 1.25. The van der Waals surface area contributed by atoms with Crippen LogP contribution in [0.4, 0.5) is 0 Å². The summed E-state index contributed by atoms with van der Waals surface area (Å²) >= 11 is 0. The van der Waals surface area contributed by atoms with Gasteiger partial charge in [-0.05, 0) is 38.1 Å². The number of carbonyl (C=O) groups is 1. The Kier molecular flexibility index (Phi) is 3.18. The van der Waals surface area contributed by atoms with Crippen LogP contribution in [0.2, 0.25) is 0 Å². The molecule has 0 bridgehead atoms. The average Bonchev–Trinajstić information content (AvgIpc) is 2.34. The van der Waals surface area contributed by atoms with Crippen LogP contribution < -0.4 is 4.74 Å². The van der Waals surface area contributed by atoms with Crippen LogP contribution in [0.25, 0.3) is 0 Å². The maximum Gasteiger partial charge on any atom is 0.341 e. The number of aromatic carboxylic acids is 1. The van der Waals surface area contributed by atoms with E-state index in [0.29, 0.717) is 5.75 Å². The Hall–Kier alpha value is -2.50. The highest BCUT2D eigenvalue weighted by Crippen LogP contribution is 2.18. The summed E-state index contributed by atoms with van der Waals surface area (Å²) in [6.07, 6.45) is 0. The van der Waals surface area contributed by atoms with Crippen LogP contribution in [-0.4, -0.2) is 26.3 Å². The Bertz CT molecular complexity index is 582. The number of hydrogen-bond acceptors (Lipinski definition) is 5. The van der Waals surface area contributed by atoms with Gasteiger partial charge in [0.25, 0.3) is 0 Å². The molecule has 0 aliphatic carbocycles. The molecule has 0 atom stereocenters. The first-order chi connectivity index (χ1) is 8.56. The number of carboxylic acid groups (broad SMARTS) is 1. The summed E-state index contributed by atoms with van der Waals surface area (Å²) in [6.45, 7) is 3.62. The number of aryl methyl sites for hydroxylation is 2. The van der Waals surface area contributed by atoms with Gasteiger partial charge in [-0.2, -0.15) is 4.98 Å². The van der Waals surface area contributed by atoms with Gasteiger partial charge in [0, 0.05) is 0 Å². The lowest BCUT2D eigenvalue weighted by atomic mass is 10.2. The lowest BCUT2D eigenvalue weighted by Crippen LogP contribution is -2.00. The molecule has 0 radical (unpaired) electrons. The molecule has 0 aliphatic heterocycles. The van der Waals surface area contributed by atoms with Crippen molar-refractivity contribution in [3.05, 3.63) is 41.2 Å². The fourth-order valence-electron chi connectivity index (χ4n) is 1.25. The fraction of sp³-hybridized carbons (Fsp3) is 0.167. The van der Waals surface area contributed by atoms with Crippen molar-refractivity contribution in [2.24, 2.45) is 0 Å². The van der Waals surface area contributed by atoms with Gasteiger partial charge in [0.15, 0.2) is 0 Å². The Morgan fingerprint density at radius 2 is 1.78 bits per heavy atom. The largest absolute Gasteiger partial charge is 0.478 e. The zero-order chi connectivity index (χ0) is 13.1. The van der Waals surface area contributed by atoms with Crippen LogP contribution in [0.1, 0.15) is 21.7 Å². The molecule has 1 aromatic heterocycles. The van der Waals surface area contributed by atoms with Crippen LogP contribution in [0.3, 0.4) is 0 Å². The van der Waals surface area contributed by atoms with E-state index in [1.807, 2.05) is 6.92 Å². The zero-order valence-corrected chi connectivity index (χ0v) is 9.91. The van der Waals surface area contributed by atoms with Crippen LogP contribution in [0.5, 0.6) is 11.8 Å².